The Morgan fingerprint density at radius 3 is 2.67 bits per heavy atom. The fraction of sp³-hybridized carbons (Fsp3) is 0.750. The monoisotopic (exact) mass is 354 g/mol. The Balaban J connectivity index is 2.29. The molecule has 1 aliphatic carbocycles. The maximum absolute atomic E-state index is 12.1. The molecule has 3 nitrogen and oxygen atoms in total. The second-order valence-electron chi connectivity index (χ2n) is 7.03. The quantitative estimate of drug-likeness (QED) is 0.277. The standard InChI is InChI=1S/C20H34O3S/c1-3-4-7-10-17(2)12-13-18-14-15-20(21)19(18)11-8-5-6-9-16-24(22)23/h12-15,17-19H,3-11,16H2,1-2H3,(H,22,23)/b13-12+/t17?,18-,19?/m0/s1. The highest BCUT2D eigenvalue weighted by Gasteiger charge is 2.27. The summed E-state index contributed by atoms with van der Waals surface area (Å²) < 4.78 is 19.3. The third-order valence-corrected chi connectivity index (χ3v) is 5.46. The lowest BCUT2D eigenvalue weighted by atomic mass is 9.88. The first-order valence-corrected chi connectivity index (χ1v) is 10.8. The van der Waals surface area contributed by atoms with Crippen LogP contribution in [-0.2, 0) is 15.9 Å². The molecule has 0 amide bonds. The normalized spacial score (nSPS) is 23.2. The lowest BCUT2D eigenvalue weighted by Gasteiger charge is -2.15. The summed E-state index contributed by atoms with van der Waals surface area (Å²) >= 11 is -1.67. The predicted octanol–water partition coefficient (Wildman–Crippen LogP) is 5.30. The summed E-state index contributed by atoms with van der Waals surface area (Å²) in [6, 6.07) is 0. The molecule has 0 spiro atoms. The molecular weight excluding hydrogens is 320 g/mol. The molecule has 24 heavy (non-hydrogen) atoms. The lowest BCUT2D eigenvalue weighted by Crippen LogP contribution is -2.14. The van der Waals surface area contributed by atoms with Crippen molar-refractivity contribution in [3.63, 3.8) is 0 Å². The zero-order valence-electron chi connectivity index (χ0n) is 15.3. The number of hydrogen-bond acceptors (Lipinski definition) is 2. The van der Waals surface area contributed by atoms with Gasteiger partial charge >= 0.3 is 0 Å². The summed E-state index contributed by atoms with van der Waals surface area (Å²) in [5.74, 6) is 1.58. The Labute approximate surface area is 150 Å². The van der Waals surface area contributed by atoms with Gasteiger partial charge < -0.3 is 4.55 Å². The molecule has 1 aliphatic rings. The van der Waals surface area contributed by atoms with Gasteiger partial charge in [0.1, 0.15) is 0 Å². The highest BCUT2D eigenvalue weighted by atomic mass is 32.2. The highest BCUT2D eigenvalue weighted by Crippen LogP contribution is 2.29. The molecule has 0 saturated heterocycles. The van der Waals surface area contributed by atoms with Gasteiger partial charge in [0.25, 0.3) is 0 Å². The Hall–Kier alpha value is -0.740. The van der Waals surface area contributed by atoms with Crippen LogP contribution in [0.4, 0.5) is 0 Å². The van der Waals surface area contributed by atoms with Gasteiger partial charge in [-0.2, -0.15) is 0 Å². The molecule has 4 atom stereocenters. The number of hydrogen-bond donors (Lipinski definition) is 1. The molecular formula is C20H34O3S. The SMILES string of the molecule is CCCCCC(C)/C=C/[C@H]1C=CC(=O)C1CCCCCCS(=O)O. The van der Waals surface area contributed by atoms with Crippen molar-refractivity contribution in [1.82, 2.24) is 0 Å². The summed E-state index contributed by atoms with van der Waals surface area (Å²) in [7, 11) is 0. The topological polar surface area (TPSA) is 54.4 Å². The van der Waals surface area contributed by atoms with Gasteiger partial charge in [-0.05, 0) is 31.3 Å². The van der Waals surface area contributed by atoms with E-state index < -0.39 is 11.1 Å². The third-order valence-electron chi connectivity index (χ3n) is 4.82. The van der Waals surface area contributed by atoms with E-state index in [0.29, 0.717) is 11.7 Å². The average Bonchev–Trinajstić information content (AvgIpc) is 2.89. The first-order valence-electron chi connectivity index (χ1n) is 9.52. The van der Waals surface area contributed by atoms with Gasteiger partial charge in [-0.1, -0.05) is 70.6 Å². The van der Waals surface area contributed by atoms with Crippen LogP contribution in [0.3, 0.4) is 0 Å². The van der Waals surface area contributed by atoms with Crippen molar-refractivity contribution in [2.75, 3.05) is 5.75 Å². The van der Waals surface area contributed by atoms with Crippen LogP contribution in [-0.4, -0.2) is 20.3 Å². The van der Waals surface area contributed by atoms with E-state index in [0.717, 1.165) is 32.1 Å². The third kappa shape index (κ3) is 8.93. The fourth-order valence-corrected chi connectivity index (χ4v) is 3.71. The molecule has 0 aromatic carbocycles. The molecule has 0 fully saturated rings. The molecule has 0 saturated carbocycles. The van der Waals surface area contributed by atoms with Gasteiger partial charge in [0.15, 0.2) is 16.9 Å². The first-order chi connectivity index (χ1) is 11.5. The summed E-state index contributed by atoms with van der Waals surface area (Å²) in [4.78, 5) is 12.1. The number of unbranched alkanes of at least 4 members (excludes halogenated alkanes) is 5. The van der Waals surface area contributed by atoms with E-state index in [9.17, 15) is 9.00 Å². The van der Waals surface area contributed by atoms with Crippen LogP contribution in [0.5, 0.6) is 0 Å². The number of ketones is 1. The molecule has 1 N–H and O–H groups in total. The van der Waals surface area contributed by atoms with Crippen LogP contribution < -0.4 is 0 Å². The Morgan fingerprint density at radius 2 is 1.96 bits per heavy atom. The second-order valence-corrected chi connectivity index (χ2v) is 8.08. The van der Waals surface area contributed by atoms with Gasteiger partial charge in [0, 0.05) is 17.6 Å². The molecule has 0 heterocycles. The zero-order chi connectivity index (χ0) is 17.8. The number of rotatable bonds is 13. The van der Waals surface area contributed by atoms with Gasteiger partial charge in [0.2, 0.25) is 0 Å². The van der Waals surface area contributed by atoms with Gasteiger partial charge in [-0.25, -0.2) is 4.21 Å². The molecule has 1 rings (SSSR count). The minimum absolute atomic E-state index is 0.107. The summed E-state index contributed by atoms with van der Waals surface area (Å²) in [6.45, 7) is 4.48. The van der Waals surface area contributed by atoms with Crippen molar-refractivity contribution in [2.24, 2.45) is 17.8 Å². The van der Waals surface area contributed by atoms with Crippen LogP contribution in [0.2, 0.25) is 0 Å². The Morgan fingerprint density at radius 1 is 1.21 bits per heavy atom. The van der Waals surface area contributed by atoms with Crippen molar-refractivity contribution in [2.45, 2.75) is 71.6 Å². The van der Waals surface area contributed by atoms with E-state index in [1.54, 1.807) is 6.08 Å². The average molecular weight is 355 g/mol. The molecule has 0 bridgehead atoms. The number of carbonyl (C=O) groups is 1. The van der Waals surface area contributed by atoms with Crippen LogP contribution in [0, 0.1) is 17.8 Å². The summed E-state index contributed by atoms with van der Waals surface area (Å²) in [5.41, 5.74) is 0. The Bertz CT molecular complexity index is 442. The van der Waals surface area contributed by atoms with Crippen LogP contribution >= 0.6 is 0 Å². The van der Waals surface area contributed by atoms with Crippen molar-refractivity contribution >= 4 is 16.9 Å². The smallest absolute Gasteiger partial charge is 0.159 e. The molecule has 0 aliphatic heterocycles. The second kappa shape index (κ2) is 12.6. The van der Waals surface area contributed by atoms with E-state index in [4.69, 9.17) is 4.55 Å². The lowest BCUT2D eigenvalue weighted by molar-refractivity contribution is -0.118. The van der Waals surface area contributed by atoms with Crippen LogP contribution in [0.25, 0.3) is 0 Å². The highest BCUT2D eigenvalue weighted by molar-refractivity contribution is 7.79. The Kier molecular flexibility index (Phi) is 11.2. The minimum atomic E-state index is -1.67. The van der Waals surface area contributed by atoms with Gasteiger partial charge in [-0.15, -0.1) is 0 Å². The van der Waals surface area contributed by atoms with Crippen LogP contribution in [0.15, 0.2) is 24.3 Å². The molecule has 3 unspecified atom stereocenters. The molecule has 0 aromatic rings. The molecule has 0 radical (unpaired) electrons. The first kappa shape index (κ1) is 21.3. The number of carbonyl (C=O) groups excluding carboxylic acids is 1. The van der Waals surface area contributed by atoms with E-state index in [1.807, 2.05) is 0 Å². The maximum atomic E-state index is 12.1. The van der Waals surface area contributed by atoms with Crippen molar-refractivity contribution in [1.29, 1.82) is 0 Å². The molecule has 4 heteroatoms. The summed E-state index contributed by atoms with van der Waals surface area (Å²) in [5, 5.41) is 0. The fourth-order valence-electron chi connectivity index (χ4n) is 3.26. The van der Waals surface area contributed by atoms with Gasteiger partial charge in [0.05, 0.1) is 0 Å². The largest absolute Gasteiger partial charge is 0.306 e. The predicted molar refractivity (Wildman–Crippen MR) is 102 cm³/mol. The van der Waals surface area contributed by atoms with Crippen molar-refractivity contribution in [3.8, 4) is 0 Å². The molecule has 138 valence electrons. The van der Waals surface area contributed by atoms with E-state index in [-0.39, 0.29) is 17.6 Å². The van der Waals surface area contributed by atoms with E-state index in [2.05, 4.69) is 32.1 Å². The van der Waals surface area contributed by atoms with E-state index >= 15 is 0 Å². The van der Waals surface area contributed by atoms with Crippen molar-refractivity contribution < 1.29 is 13.6 Å². The summed E-state index contributed by atoms with van der Waals surface area (Å²) in [6.07, 6.45) is 18.1. The number of allylic oxidation sites excluding steroid dienone is 4. The van der Waals surface area contributed by atoms with E-state index in [1.165, 1.54) is 25.7 Å². The van der Waals surface area contributed by atoms with Crippen molar-refractivity contribution in [3.05, 3.63) is 24.3 Å². The zero-order valence-corrected chi connectivity index (χ0v) is 16.1. The minimum Gasteiger partial charge on any atom is -0.306 e. The van der Waals surface area contributed by atoms with Crippen LogP contribution in [0.1, 0.15) is 71.6 Å². The maximum Gasteiger partial charge on any atom is 0.159 e. The van der Waals surface area contributed by atoms with Gasteiger partial charge in [-0.3, -0.25) is 4.79 Å². The molecule has 0 aromatic heterocycles.